The molecule has 3 N–H and O–H groups in total. The number of H-pyrrole nitrogens is 1. The predicted octanol–water partition coefficient (Wildman–Crippen LogP) is 4.87. The van der Waals surface area contributed by atoms with Crippen molar-refractivity contribution in [2.24, 2.45) is 0 Å². The molecule has 0 atom stereocenters. The number of aromatic nitrogens is 2. The standard InChI is InChI=1S/C17H18BrN3/c1-17(2,3)11-5-7-14-15(9-11)21-16(20-14)10-4-6-12(18)13(19)8-10/h4-9H,19H2,1-3H3,(H,20,21). The number of nitrogens with two attached hydrogens (primary N) is 1. The van der Waals surface area contributed by atoms with Crippen molar-refractivity contribution in [2.75, 3.05) is 5.73 Å². The first-order valence-electron chi connectivity index (χ1n) is 6.90. The van der Waals surface area contributed by atoms with Gasteiger partial charge in [-0.05, 0) is 57.2 Å². The van der Waals surface area contributed by atoms with Crippen molar-refractivity contribution < 1.29 is 0 Å². The molecule has 3 rings (SSSR count). The van der Waals surface area contributed by atoms with Crippen molar-refractivity contribution in [3.05, 3.63) is 46.4 Å². The molecule has 3 aromatic rings. The molecule has 0 bridgehead atoms. The Morgan fingerprint density at radius 1 is 1.10 bits per heavy atom. The van der Waals surface area contributed by atoms with Crippen LogP contribution in [0.25, 0.3) is 22.4 Å². The second kappa shape index (κ2) is 4.88. The van der Waals surface area contributed by atoms with Gasteiger partial charge >= 0.3 is 0 Å². The monoisotopic (exact) mass is 343 g/mol. The maximum atomic E-state index is 5.94. The molecule has 0 amide bonds. The number of hydrogen-bond donors (Lipinski definition) is 2. The molecule has 2 aromatic carbocycles. The fourth-order valence-corrected chi connectivity index (χ4v) is 2.55. The summed E-state index contributed by atoms with van der Waals surface area (Å²) >= 11 is 3.41. The zero-order valence-corrected chi connectivity index (χ0v) is 14.0. The minimum absolute atomic E-state index is 0.126. The molecule has 0 saturated heterocycles. The highest BCUT2D eigenvalue weighted by molar-refractivity contribution is 9.10. The largest absolute Gasteiger partial charge is 0.398 e. The van der Waals surface area contributed by atoms with E-state index in [1.165, 1.54) is 5.56 Å². The van der Waals surface area contributed by atoms with E-state index in [4.69, 9.17) is 5.73 Å². The molecule has 4 heteroatoms. The summed E-state index contributed by atoms with van der Waals surface area (Å²) in [6, 6.07) is 12.3. The third-order valence-corrected chi connectivity index (χ3v) is 4.34. The number of nitrogen functional groups attached to an aromatic ring is 1. The van der Waals surface area contributed by atoms with Crippen LogP contribution in [0.15, 0.2) is 40.9 Å². The number of halogens is 1. The van der Waals surface area contributed by atoms with Gasteiger partial charge in [0.2, 0.25) is 0 Å². The van der Waals surface area contributed by atoms with Crippen LogP contribution in [0.3, 0.4) is 0 Å². The van der Waals surface area contributed by atoms with Gasteiger partial charge in [0.05, 0.1) is 11.0 Å². The Kier molecular flexibility index (Phi) is 3.29. The van der Waals surface area contributed by atoms with Gasteiger partial charge in [-0.3, -0.25) is 0 Å². The first-order valence-corrected chi connectivity index (χ1v) is 7.69. The van der Waals surface area contributed by atoms with Gasteiger partial charge in [0.15, 0.2) is 0 Å². The number of benzene rings is 2. The number of nitrogens with one attached hydrogen (secondary N) is 1. The van der Waals surface area contributed by atoms with Crippen LogP contribution in [0.5, 0.6) is 0 Å². The number of fused-ring (bicyclic) bond motifs is 1. The number of imidazole rings is 1. The Morgan fingerprint density at radius 3 is 2.52 bits per heavy atom. The lowest BCUT2D eigenvalue weighted by molar-refractivity contribution is 0.591. The summed E-state index contributed by atoms with van der Waals surface area (Å²) in [4.78, 5) is 8.04. The van der Waals surface area contributed by atoms with Crippen molar-refractivity contribution in [1.82, 2.24) is 9.97 Å². The molecule has 0 saturated carbocycles. The molecule has 0 radical (unpaired) electrons. The highest BCUT2D eigenvalue weighted by Crippen LogP contribution is 2.29. The maximum absolute atomic E-state index is 5.94. The summed E-state index contributed by atoms with van der Waals surface area (Å²) in [6.07, 6.45) is 0. The summed E-state index contributed by atoms with van der Waals surface area (Å²) in [5.41, 5.74) is 11.1. The van der Waals surface area contributed by atoms with Gasteiger partial charge < -0.3 is 10.7 Å². The van der Waals surface area contributed by atoms with E-state index in [1.54, 1.807) is 0 Å². The zero-order valence-electron chi connectivity index (χ0n) is 12.4. The Hall–Kier alpha value is -1.81. The number of aromatic amines is 1. The molecule has 1 heterocycles. The fraction of sp³-hybridized carbons (Fsp3) is 0.235. The second-order valence-electron chi connectivity index (χ2n) is 6.30. The van der Waals surface area contributed by atoms with E-state index >= 15 is 0 Å². The van der Waals surface area contributed by atoms with Crippen molar-refractivity contribution in [1.29, 1.82) is 0 Å². The van der Waals surface area contributed by atoms with Crippen LogP contribution in [-0.2, 0) is 5.41 Å². The second-order valence-corrected chi connectivity index (χ2v) is 7.16. The van der Waals surface area contributed by atoms with Crippen LogP contribution in [0.4, 0.5) is 5.69 Å². The third-order valence-electron chi connectivity index (χ3n) is 3.62. The number of anilines is 1. The van der Waals surface area contributed by atoms with Crippen LogP contribution in [0, 0.1) is 0 Å². The van der Waals surface area contributed by atoms with E-state index in [-0.39, 0.29) is 5.41 Å². The summed E-state index contributed by atoms with van der Waals surface area (Å²) in [5.74, 6) is 0.843. The van der Waals surface area contributed by atoms with Gasteiger partial charge in [-0.15, -0.1) is 0 Å². The normalized spacial score (nSPS) is 12.0. The smallest absolute Gasteiger partial charge is 0.138 e. The van der Waals surface area contributed by atoms with E-state index in [9.17, 15) is 0 Å². The summed E-state index contributed by atoms with van der Waals surface area (Å²) in [7, 11) is 0. The van der Waals surface area contributed by atoms with Gasteiger partial charge in [0.25, 0.3) is 0 Å². The van der Waals surface area contributed by atoms with E-state index < -0.39 is 0 Å². The quantitative estimate of drug-likeness (QED) is 0.619. The molecule has 21 heavy (non-hydrogen) atoms. The van der Waals surface area contributed by atoms with Crippen LogP contribution in [0.1, 0.15) is 26.3 Å². The van der Waals surface area contributed by atoms with Crippen molar-refractivity contribution in [2.45, 2.75) is 26.2 Å². The maximum Gasteiger partial charge on any atom is 0.138 e. The van der Waals surface area contributed by atoms with Gasteiger partial charge in [-0.25, -0.2) is 4.98 Å². The highest BCUT2D eigenvalue weighted by atomic mass is 79.9. The van der Waals surface area contributed by atoms with Gasteiger partial charge in [-0.2, -0.15) is 0 Å². The van der Waals surface area contributed by atoms with E-state index in [1.807, 2.05) is 18.2 Å². The molecule has 0 aliphatic carbocycles. The lowest BCUT2D eigenvalue weighted by Gasteiger charge is -2.18. The molecule has 0 aliphatic heterocycles. The molecule has 3 nitrogen and oxygen atoms in total. The SMILES string of the molecule is CC(C)(C)c1ccc2nc(-c3ccc(Br)c(N)c3)[nH]c2c1. The predicted molar refractivity (Wildman–Crippen MR) is 92.3 cm³/mol. The van der Waals surface area contributed by atoms with Crippen LogP contribution in [0.2, 0.25) is 0 Å². The topological polar surface area (TPSA) is 54.7 Å². The molecule has 0 spiro atoms. The number of rotatable bonds is 1. The summed E-state index contributed by atoms with van der Waals surface area (Å²) < 4.78 is 0.900. The average Bonchev–Trinajstić information content (AvgIpc) is 2.83. The van der Waals surface area contributed by atoms with Gasteiger partial charge in [0.1, 0.15) is 5.82 Å². The summed E-state index contributed by atoms with van der Waals surface area (Å²) in [5, 5.41) is 0. The molecule has 0 aliphatic rings. The average molecular weight is 344 g/mol. The lowest BCUT2D eigenvalue weighted by atomic mass is 9.87. The fourth-order valence-electron chi connectivity index (χ4n) is 2.30. The molecule has 1 aromatic heterocycles. The lowest BCUT2D eigenvalue weighted by Crippen LogP contribution is -2.10. The van der Waals surface area contributed by atoms with E-state index in [2.05, 4.69) is 64.9 Å². The zero-order chi connectivity index (χ0) is 15.2. The minimum Gasteiger partial charge on any atom is -0.398 e. The van der Waals surface area contributed by atoms with Crippen molar-refractivity contribution in [3.8, 4) is 11.4 Å². The minimum atomic E-state index is 0.126. The third kappa shape index (κ3) is 2.68. The number of hydrogen-bond acceptors (Lipinski definition) is 2. The summed E-state index contributed by atoms with van der Waals surface area (Å²) in [6.45, 7) is 6.63. The highest BCUT2D eigenvalue weighted by Gasteiger charge is 2.15. The Labute approximate surface area is 132 Å². The van der Waals surface area contributed by atoms with Gasteiger partial charge in [-0.1, -0.05) is 26.8 Å². The van der Waals surface area contributed by atoms with Crippen LogP contribution in [-0.4, -0.2) is 9.97 Å². The van der Waals surface area contributed by atoms with Crippen LogP contribution >= 0.6 is 15.9 Å². The molecular formula is C17H18BrN3. The van der Waals surface area contributed by atoms with Crippen molar-refractivity contribution >= 4 is 32.7 Å². The molecule has 0 fully saturated rings. The van der Waals surface area contributed by atoms with Crippen molar-refractivity contribution in [3.63, 3.8) is 0 Å². The first kappa shape index (κ1) is 14.1. The molecular weight excluding hydrogens is 326 g/mol. The van der Waals surface area contributed by atoms with E-state index in [0.29, 0.717) is 5.69 Å². The molecule has 0 unspecified atom stereocenters. The first-order chi connectivity index (χ1) is 9.84. The molecule has 108 valence electrons. The number of nitrogens with zero attached hydrogens (tertiary/aromatic N) is 1. The van der Waals surface area contributed by atoms with Gasteiger partial charge in [0, 0.05) is 15.7 Å². The Balaban J connectivity index is 2.10. The van der Waals surface area contributed by atoms with E-state index in [0.717, 1.165) is 26.9 Å². The van der Waals surface area contributed by atoms with Crippen LogP contribution < -0.4 is 5.73 Å². The Morgan fingerprint density at radius 2 is 1.86 bits per heavy atom. The Bertz CT molecular complexity index is 813.